The Hall–Kier alpha value is -1.81. The molecule has 2 fully saturated rings. The van der Waals surface area contributed by atoms with Gasteiger partial charge in [-0.3, -0.25) is 4.79 Å². The summed E-state index contributed by atoms with van der Waals surface area (Å²) in [6, 6.07) is 8.13. The molecule has 0 aliphatic carbocycles. The van der Waals surface area contributed by atoms with Crippen LogP contribution in [0.1, 0.15) is 23.2 Å². The van der Waals surface area contributed by atoms with Gasteiger partial charge in [0.05, 0.1) is 0 Å². The van der Waals surface area contributed by atoms with Crippen molar-refractivity contribution >= 4 is 16.8 Å². The molecule has 4 nitrogen and oxygen atoms in total. The fraction of sp³-hybridized carbons (Fsp3) is 0.438. The lowest BCUT2D eigenvalue weighted by Crippen LogP contribution is -2.47. The Morgan fingerprint density at radius 2 is 2.25 bits per heavy atom. The molecule has 0 spiro atoms. The summed E-state index contributed by atoms with van der Waals surface area (Å²) in [5.74, 6) is 0.835. The van der Waals surface area contributed by atoms with E-state index in [1.165, 1.54) is 19.5 Å². The molecule has 2 bridgehead atoms. The average Bonchev–Trinajstić information content (AvgIpc) is 3.04. The number of hydrogen-bond donors (Lipinski definition) is 2. The summed E-state index contributed by atoms with van der Waals surface area (Å²) in [5, 5.41) is 4.29. The predicted molar refractivity (Wildman–Crippen MR) is 78.7 cm³/mol. The van der Waals surface area contributed by atoms with E-state index in [0.717, 1.165) is 35.3 Å². The molecule has 2 aromatic rings. The third kappa shape index (κ3) is 2.10. The second kappa shape index (κ2) is 4.63. The van der Waals surface area contributed by atoms with Crippen LogP contribution in [0.2, 0.25) is 0 Å². The van der Waals surface area contributed by atoms with E-state index in [1.54, 1.807) is 0 Å². The molecule has 2 aliphatic heterocycles. The normalized spacial score (nSPS) is 28.7. The smallest absolute Gasteiger partial charge is 0.251 e. The number of H-pyrrole nitrogens is 1. The Balaban J connectivity index is 1.49. The van der Waals surface area contributed by atoms with Crippen molar-refractivity contribution in [3.05, 3.63) is 36.0 Å². The zero-order valence-electron chi connectivity index (χ0n) is 11.4. The molecule has 4 heteroatoms. The molecular formula is C16H19N3O. The number of nitrogens with one attached hydrogen (secondary N) is 2. The van der Waals surface area contributed by atoms with Gasteiger partial charge in [-0.05, 0) is 49.6 Å². The average molecular weight is 269 g/mol. The van der Waals surface area contributed by atoms with Crippen molar-refractivity contribution in [2.24, 2.45) is 5.92 Å². The molecule has 0 radical (unpaired) electrons. The second-order valence-electron chi connectivity index (χ2n) is 6.10. The summed E-state index contributed by atoms with van der Waals surface area (Å²) in [6.45, 7) is 3.43. The van der Waals surface area contributed by atoms with Crippen molar-refractivity contribution in [3.63, 3.8) is 0 Å². The van der Waals surface area contributed by atoms with E-state index < -0.39 is 0 Å². The van der Waals surface area contributed by atoms with Crippen LogP contribution in [0.25, 0.3) is 10.9 Å². The maximum atomic E-state index is 12.4. The van der Waals surface area contributed by atoms with Gasteiger partial charge < -0.3 is 15.2 Å². The quantitative estimate of drug-likeness (QED) is 0.876. The highest BCUT2D eigenvalue weighted by Crippen LogP contribution is 2.27. The summed E-state index contributed by atoms with van der Waals surface area (Å²) in [7, 11) is 0. The number of carbonyl (C=O) groups excluding carboxylic acids is 1. The van der Waals surface area contributed by atoms with Crippen LogP contribution >= 0.6 is 0 Å². The standard InChI is InChI=1S/C16H19N3O/c20-16(13-1-2-15-12(8-13)3-5-17-15)18-14-7-11-4-6-19(9-11)10-14/h1-3,5,8,11,14,17H,4,6-7,9-10H2,(H,18,20)/t11-,14-/m1/s1. The van der Waals surface area contributed by atoms with E-state index in [1.807, 2.05) is 30.5 Å². The Labute approximate surface area is 118 Å². The van der Waals surface area contributed by atoms with Crippen molar-refractivity contribution in [1.29, 1.82) is 0 Å². The van der Waals surface area contributed by atoms with E-state index in [4.69, 9.17) is 0 Å². The molecule has 2 saturated heterocycles. The lowest BCUT2D eigenvalue weighted by molar-refractivity contribution is 0.0909. The number of rotatable bonds is 2. The molecule has 2 aliphatic rings. The van der Waals surface area contributed by atoms with Gasteiger partial charge in [-0.1, -0.05) is 0 Å². The molecule has 1 aromatic carbocycles. The van der Waals surface area contributed by atoms with Crippen LogP contribution in [0.5, 0.6) is 0 Å². The molecule has 1 aromatic heterocycles. The van der Waals surface area contributed by atoms with Gasteiger partial charge in [0.15, 0.2) is 0 Å². The van der Waals surface area contributed by atoms with E-state index >= 15 is 0 Å². The third-order valence-corrected chi connectivity index (χ3v) is 4.62. The number of aromatic amines is 1. The minimum atomic E-state index is 0.0561. The van der Waals surface area contributed by atoms with Crippen LogP contribution in [0, 0.1) is 5.92 Å². The van der Waals surface area contributed by atoms with Gasteiger partial charge in [-0.15, -0.1) is 0 Å². The van der Waals surface area contributed by atoms with Gasteiger partial charge in [0.2, 0.25) is 0 Å². The molecule has 0 saturated carbocycles. The maximum Gasteiger partial charge on any atom is 0.251 e. The molecule has 1 amide bonds. The Morgan fingerprint density at radius 3 is 3.15 bits per heavy atom. The first-order valence-corrected chi connectivity index (χ1v) is 7.38. The molecule has 104 valence electrons. The first-order chi connectivity index (χ1) is 9.78. The fourth-order valence-electron chi connectivity index (χ4n) is 3.63. The number of carbonyl (C=O) groups is 1. The van der Waals surface area contributed by atoms with E-state index in [0.29, 0.717) is 6.04 Å². The minimum Gasteiger partial charge on any atom is -0.361 e. The number of aromatic nitrogens is 1. The Morgan fingerprint density at radius 1 is 1.30 bits per heavy atom. The van der Waals surface area contributed by atoms with Crippen molar-refractivity contribution in [3.8, 4) is 0 Å². The molecule has 4 rings (SSSR count). The Kier molecular flexibility index (Phi) is 2.77. The lowest BCUT2D eigenvalue weighted by Gasteiger charge is -2.30. The molecule has 20 heavy (non-hydrogen) atoms. The number of fused-ring (bicyclic) bond motifs is 3. The van der Waals surface area contributed by atoms with E-state index in [2.05, 4.69) is 15.2 Å². The summed E-state index contributed by atoms with van der Waals surface area (Å²) >= 11 is 0. The minimum absolute atomic E-state index is 0.0561. The van der Waals surface area contributed by atoms with E-state index in [-0.39, 0.29) is 5.91 Å². The molecular weight excluding hydrogens is 250 g/mol. The number of hydrogen-bond acceptors (Lipinski definition) is 2. The van der Waals surface area contributed by atoms with Crippen molar-refractivity contribution in [2.45, 2.75) is 18.9 Å². The Bertz CT molecular complexity index is 636. The first kappa shape index (κ1) is 12.0. The molecule has 3 atom stereocenters. The van der Waals surface area contributed by atoms with Crippen LogP contribution in [0.3, 0.4) is 0 Å². The van der Waals surface area contributed by atoms with E-state index in [9.17, 15) is 4.79 Å². The molecule has 3 heterocycles. The van der Waals surface area contributed by atoms with Crippen LogP contribution in [-0.4, -0.2) is 41.5 Å². The van der Waals surface area contributed by atoms with Gasteiger partial charge in [0, 0.05) is 41.8 Å². The first-order valence-electron chi connectivity index (χ1n) is 7.38. The summed E-state index contributed by atoms with van der Waals surface area (Å²) in [4.78, 5) is 18.0. The van der Waals surface area contributed by atoms with Gasteiger partial charge in [-0.2, -0.15) is 0 Å². The van der Waals surface area contributed by atoms with Crippen molar-refractivity contribution in [1.82, 2.24) is 15.2 Å². The highest BCUT2D eigenvalue weighted by atomic mass is 16.1. The fourth-order valence-corrected chi connectivity index (χ4v) is 3.63. The second-order valence-corrected chi connectivity index (χ2v) is 6.10. The predicted octanol–water partition coefficient (Wildman–Crippen LogP) is 1.99. The topological polar surface area (TPSA) is 48.1 Å². The zero-order valence-corrected chi connectivity index (χ0v) is 11.4. The summed E-state index contributed by atoms with van der Waals surface area (Å²) in [5.41, 5.74) is 1.83. The SMILES string of the molecule is O=C(N[C@@H]1C[C@H]2CCN(C2)C1)c1ccc2[nH]ccc2c1. The van der Waals surface area contributed by atoms with Crippen molar-refractivity contribution in [2.75, 3.05) is 19.6 Å². The summed E-state index contributed by atoms with van der Waals surface area (Å²) in [6.07, 6.45) is 4.33. The summed E-state index contributed by atoms with van der Waals surface area (Å²) < 4.78 is 0. The number of nitrogens with zero attached hydrogens (tertiary/aromatic N) is 1. The van der Waals surface area contributed by atoms with Gasteiger partial charge in [0.1, 0.15) is 0 Å². The van der Waals surface area contributed by atoms with Crippen LogP contribution in [0.4, 0.5) is 0 Å². The molecule has 1 unspecified atom stereocenters. The maximum absolute atomic E-state index is 12.4. The number of benzene rings is 1. The number of piperidine rings is 1. The van der Waals surface area contributed by atoms with Crippen LogP contribution < -0.4 is 5.32 Å². The molecule has 2 N–H and O–H groups in total. The highest BCUT2D eigenvalue weighted by Gasteiger charge is 2.32. The van der Waals surface area contributed by atoms with Gasteiger partial charge in [0.25, 0.3) is 5.91 Å². The van der Waals surface area contributed by atoms with Gasteiger partial charge in [-0.25, -0.2) is 0 Å². The largest absolute Gasteiger partial charge is 0.361 e. The zero-order chi connectivity index (χ0) is 13.5. The van der Waals surface area contributed by atoms with Crippen LogP contribution in [0.15, 0.2) is 30.5 Å². The van der Waals surface area contributed by atoms with Crippen molar-refractivity contribution < 1.29 is 4.79 Å². The van der Waals surface area contributed by atoms with Gasteiger partial charge >= 0.3 is 0 Å². The lowest BCUT2D eigenvalue weighted by atomic mass is 9.96. The highest BCUT2D eigenvalue weighted by molar-refractivity contribution is 5.98. The third-order valence-electron chi connectivity index (χ3n) is 4.62. The monoisotopic (exact) mass is 269 g/mol. The van der Waals surface area contributed by atoms with Crippen LogP contribution in [-0.2, 0) is 0 Å². The number of amides is 1.